The SMILES string of the molecule is CCCOP(=O)(O)CO[C@H](C)Cn1cnc2c(N)ncnc21. The second-order valence-corrected chi connectivity index (χ2v) is 6.70. The van der Waals surface area contributed by atoms with E-state index in [1.54, 1.807) is 17.8 Å². The van der Waals surface area contributed by atoms with Crippen LogP contribution in [-0.4, -0.2) is 43.5 Å². The Hall–Kier alpha value is -1.54. The van der Waals surface area contributed by atoms with Crippen molar-refractivity contribution in [3.05, 3.63) is 12.7 Å². The van der Waals surface area contributed by atoms with Crippen molar-refractivity contribution < 1.29 is 18.7 Å². The summed E-state index contributed by atoms with van der Waals surface area (Å²) in [6, 6.07) is 0. The van der Waals surface area contributed by atoms with Gasteiger partial charge in [-0.05, 0) is 13.3 Å². The van der Waals surface area contributed by atoms with Gasteiger partial charge in [-0.1, -0.05) is 6.92 Å². The highest BCUT2D eigenvalue weighted by Crippen LogP contribution is 2.42. The summed E-state index contributed by atoms with van der Waals surface area (Å²) in [5, 5.41) is 0. The predicted octanol–water partition coefficient (Wildman–Crippen LogP) is 1.38. The fraction of sp³-hybridized carbons (Fsp3) is 0.583. The molecule has 0 amide bonds. The smallest absolute Gasteiger partial charge is 0.353 e. The fourth-order valence-electron chi connectivity index (χ4n) is 1.85. The second kappa shape index (κ2) is 7.15. The van der Waals surface area contributed by atoms with Gasteiger partial charge in [0.2, 0.25) is 0 Å². The molecule has 1 unspecified atom stereocenters. The summed E-state index contributed by atoms with van der Waals surface area (Å²) in [6.07, 6.45) is 2.95. The second-order valence-electron chi connectivity index (χ2n) is 4.91. The van der Waals surface area contributed by atoms with E-state index in [0.717, 1.165) is 0 Å². The minimum Gasteiger partial charge on any atom is -0.382 e. The molecule has 0 saturated heterocycles. The molecule has 0 fully saturated rings. The number of anilines is 1. The van der Waals surface area contributed by atoms with Gasteiger partial charge in [-0.15, -0.1) is 0 Å². The summed E-state index contributed by atoms with van der Waals surface area (Å²) in [5.74, 6) is 0.310. The van der Waals surface area contributed by atoms with Crippen LogP contribution in [0.5, 0.6) is 0 Å². The summed E-state index contributed by atoms with van der Waals surface area (Å²) >= 11 is 0. The zero-order valence-corrected chi connectivity index (χ0v) is 13.4. The molecule has 10 heteroatoms. The van der Waals surface area contributed by atoms with Gasteiger partial charge in [-0.2, -0.15) is 0 Å². The number of hydrogen-bond acceptors (Lipinski definition) is 7. The van der Waals surface area contributed by atoms with E-state index in [-0.39, 0.29) is 19.1 Å². The molecular weight excluding hydrogens is 309 g/mol. The Bertz CT molecular complexity index is 677. The van der Waals surface area contributed by atoms with Crippen LogP contribution in [0.4, 0.5) is 5.82 Å². The minimum atomic E-state index is -3.70. The molecule has 9 nitrogen and oxygen atoms in total. The van der Waals surface area contributed by atoms with Gasteiger partial charge in [-0.3, -0.25) is 4.57 Å². The number of hydrogen-bond donors (Lipinski definition) is 2. The Balaban J connectivity index is 1.95. The van der Waals surface area contributed by atoms with Gasteiger partial charge < -0.3 is 24.5 Å². The molecule has 2 rings (SSSR count). The largest absolute Gasteiger partial charge is 0.382 e. The Morgan fingerprint density at radius 3 is 2.95 bits per heavy atom. The van der Waals surface area contributed by atoms with Crippen LogP contribution in [0.2, 0.25) is 0 Å². The average Bonchev–Trinajstić information content (AvgIpc) is 2.88. The van der Waals surface area contributed by atoms with E-state index in [9.17, 15) is 9.46 Å². The van der Waals surface area contributed by atoms with Crippen LogP contribution in [0.1, 0.15) is 20.3 Å². The molecule has 0 aliphatic rings. The highest BCUT2D eigenvalue weighted by Gasteiger charge is 2.21. The number of nitrogens with zero attached hydrogens (tertiary/aromatic N) is 4. The topological polar surface area (TPSA) is 125 Å². The third kappa shape index (κ3) is 4.23. The van der Waals surface area contributed by atoms with Gasteiger partial charge in [0.05, 0.1) is 25.6 Å². The van der Waals surface area contributed by atoms with Gasteiger partial charge in [0.15, 0.2) is 11.5 Å². The third-order valence-corrected chi connectivity index (χ3v) is 3.96. The van der Waals surface area contributed by atoms with E-state index < -0.39 is 7.60 Å². The van der Waals surface area contributed by atoms with Crippen LogP contribution in [0.25, 0.3) is 11.2 Å². The molecular formula is C12H20N5O4P. The number of fused-ring (bicyclic) bond motifs is 1. The predicted molar refractivity (Wildman–Crippen MR) is 81.2 cm³/mol. The van der Waals surface area contributed by atoms with E-state index in [0.29, 0.717) is 29.9 Å². The van der Waals surface area contributed by atoms with E-state index in [1.807, 2.05) is 6.92 Å². The standard InChI is InChI=1S/C12H20N5O4P/c1-3-4-21-22(18,19)8-20-9(2)5-17-7-16-10-11(13)14-6-15-12(10)17/h6-7,9H,3-5,8H2,1-2H3,(H,18,19)(H2,13,14,15)/t9-/m1/s1. The van der Waals surface area contributed by atoms with Gasteiger partial charge in [0.25, 0.3) is 0 Å². The molecule has 0 aliphatic carbocycles. The molecule has 0 radical (unpaired) electrons. The lowest BCUT2D eigenvalue weighted by atomic mass is 10.4. The van der Waals surface area contributed by atoms with Crippen LogP contribution in [0, 0.1) is 0 Å². The Kier molecular flexibility index (Phi) is 5.47. The lowest BCUT2D eigenvalue weighted by Gasteiger charge is -2.17. The summed E-state index contributed by atoms with van der Waals surface area (Å²) in [4.78, 5) is 21.7. The molecule has 3 N–H and O–H groups in total. The zero-order chi connectivity index (χ0) is 16.2. The van der Waals surface area contributed by atoms with Crippen molar-refractivity contribution in [3.8, 4) is 0 Å². The van der Waals surface area contributed by atoms with Gasteiger partial charge in [0.1, 0.15) is 18.2 Å². The number of nitrogen functional groups attached to an aromatic ring is 1. The van der Waals surface area contributed by atoms with Gasteiger partial charge in [0, 0.05) is 0 Å². The van der Waals surface area contributed by atoms with Crippen molar-refractivity contribution in [3.63, 3.8) is 0 Å². The highest BCUT2D eigenvalue weighted by molar-refractivity contribution is 7.52. The molecule has 2 aromatic rings. The van der Waals surface area contributed by atoms with Crippen molar-refractivity contribution in [1.82, 2.24) is 19.5 Å². The number of nitrogens with two attached hydrogens (primary N) is 1. The maximum Gasteiger partial charge on any atom is 0.353 e. The van der Waals surface area contributed by atoms with Crippen LogP contribution < -0.4 is 5.73 Å². The van der Waals surface area contributed by atoms with Crippen LogP contribution in [0.3, 0.4) is 0 Å². The highest BCUT2D eigenvalue weighted by atomic mass is 31.2. The molecule has 0 saturated carbocycles. The average molecular weight is 329 g/mol. The van der Waals surface area contributed by atoms with Gasteiger partial charge >= 0.3 is 7.60 Å². The van der Waals surface area contributed by atoms with E-state index in [2.05, 4.69) is 15.0 Å². The first-order chi connectivity index (χ1) is 10.4. The molecule has 2 heterocycles. The number of imidazole rings is 1. The summed E-state index contributed by atoms with van der Waals surface area (Å²) in [7, 11) is -3.70. The van der Waals surface area contributed by atoms with Crippen LogP contribution in [0.15, 0.2) is 12.7 Å². The Morgan fingerprint density at radius 1 is 1.45 bits per heavy atom. The quantitative estimate of drug-likeness (QED) is 0.696. The maximum atomic E-state index is 11.7. The first-order valence-electron chi connectivity index (χ1n) is 6.92. The Labute approximate surface area is 128 Å². The number of ether oxygens (including phenoxy) is 1. The van der Waals surface area contributed by atoms with E-state index >= 15 is 0 Å². The normalized spacial score (nSPS) is 15.8. The zero-order valence-electron chi connectivity index (χ0n) is 12.5. The van der Waals surface area contributed by atoms with Crippen molar-refractivity contribution in [2.75, 3.05) is 18.7 Å². The van der Waals surface area contributed by atoms with Crippen molar-refractivity contribution >= 4 is 24.6 Å². The minimum absolute atomic E-state index is 0.230. The number of rotatable bonds is 8. The molecule has 22 heavy (non-hydrogen) atoms. The number of aromatic nitrogens is 4. The maximum absolute atomic E-state index is 11.7. The monoisotopic (exact) mass is 329 g/mol. The van der Waals surface area contributed by atoms with Crippen molar-refractivity contribution in [1.29, 1.82) is 0 Å². The molecule has 2 atom stereocenters. The molecule has 122 valence electrons. The molecule has 2 aromatic heterocycles. The summed E-state index contributed by atoms with van der Waals surface area (Å²) in [6.45, 7) is 4.30. The lowest BCUT2D eigenvalue weighted by Crippen LogP contribution is -2.17. The molecule has 0 spiro atoms. The summed E-state index contributed by atoms with van der Waals surface area (Å²) in [5.41, 5.74) is 6.83. The first kappa shape index (κ1) is 16.8. The Morgan fingerprint density at radius 2 is 2.23 bits per heavy atom. The van der Waals surface area contributed by atoms with Gasteiger partial charge in [-0.25, -0.2) is 15.0 Å². The molecule has 0 aliphatic heterocycles. The molecule has 0 bridgehead atoms. The van der Waals surface area contributed by atoms with Crippen LogP contribution in [-0.2, 0) is 20.4 Å². The lowest BCUT2D eigenvalue weighted by molar-refractivity contribution is 0.0717. The van der Waals surface area contributed by atoms with E-state index in [4.69, 9.17) is 15.0 Å². The first-order valence-corrected chi connectivity index (χ1v) is 8.68. The summed E-state index contributed by atoms with van der Waals surface area (Å²) < 4.78 is 23.7. The van der Waals surface area contributed by atoms with Crippen molar-refractivity contribution in [2.24, 2.45) is 0 Å². The van der Waals surface area contributed by atoms with Crippen molar-refractivity contribution in [2.45, 2.75) is 32.9 Å². The van der Waals surface area contributed by atoms with Crippen LogP contribution >= 0.6 is 7.60 Å². The third-order valence-electron chi connectivity index (χ3n) is 2.90. The van der Waals surface area contributed by atoms with E-state index in [1.165, 1.54) is 6.33 Å². The fourth-order valence-corrected chi connectivity index (χ4v) is 2.84. The molecule has 0 aromatic carbocycles.